The van der Waals surface area contributed by atoms with Crippen LogP contribution in [0.1, 0.15) is 22.8 Å². The summed E-state index contributed by atoms with van der Waals surface area (Å²) in [4.78, 5) is 0. The van der Waals surface area contributed by atoms with Gasteiger partial charge in [-0.25, -0.2) is 0 Å². The summed E-state index contributed by atoms with van der Waals surface area (Å²) in [5.74, 6) is 3.14. The Kier molecular flexibility index (Phi) is 5.42. The van der Waals surface area contributed by atoms with Crippen LogP contribution >= 0.6 is 0 Å². The molecule has 1 heterocycles. The van der Waals surface area contributed by atoms with Gasteiger partial charge in [0.25, 0.3) is 0 Å². The van der Waals surface area contributed by atoms with E-state index >= 15 is 0 Å². The number of fused-ring (bicyclic) bond motifs is 1. The van der Waals surface area contributed by atoms with Gasteiger partial charge in [0.15, 0.2) is 23.0 Å². The molecule has 0 radical (unpaired) electrons. The van der Waals surface area contributed by atoms with Crippen molar-refractivity contribution in [1.82, 2.24) is 0 Å². The number of hydrogen-bond donors (Lipinski definition) is 0. The van der Waals surface area contributed by atoms with Gasteiger partial charge in [-0.15, -0.1) is 0 Å². The van der Waals surface area contributed by atoms with Crippen molar-refractivity contribution in [3.05, 3.63) is 41.0 Å². The maximum atomic E-state index is 6.09. The second-order valence-electron chi connectivity index (χ2n) is 5.87. The molecular formula is C20H24O6. The highest BCUT2D eigenvalue weighted by atomic mass is 16.5. The molecule has 6 heteroatoms. The number of hydrogen-bond acceptors (Lipinski definition) is 6. The topological polar surface area (TPSA) is 55.4 Å². The van der Waals surface area contributed by atoms with Crippen LogP contribution in [0.15, 0.2) is 24.3 Å². The second kappa shape index (κ2) is 7.74. The van der Waals surface area contributed by atoms with Crippen LogP contribution in [0.3, 0.4) is 0 Å². The predicted molar refractivity (Wildman–Crippen MR) is 97.1 cm³/mol. The zero-order valence-electron chi connectivity index (χ0n) is 15.8. The van der Waals surface area contributed by atoms with Gasteiger partial charge in [0.05, 0.1) is 42.2 Å². The van der Waals surface area contributed by atoms with Crippen molar-refractivity contribution < 1.29 is 28.4 Å². The van der Waals surface area contributed by atoms with Gasteiger partial charge in [-0.05, 0) is 47.4 Å². The zero-order chi connectivity index (χ0) is 18.7. The lowest BCUT2D eigenvalue weighted by atomic mass is 9.92. The summed E-state index contributed by atoms with van der Waals surface area (Å²) in [6.45, 7) is 0.615. The van der Waals surface area contributed by atoms with Gasteiger partial charge in [-0.1, -0.05) is 0 Å². The highest BCUT2D eigenvalue weighted by Gasteiger charge is 2.27. The van der Waals surface area contributed by atoms with Gasteiger partial charge >= 0.3 is 0 Å². The molecule has 0 aromatic heterocycles. The molecule has 3 rings (SSSR count). The van der Waals surface area contributed by atoms with Gasteiger partial charge in [-0.3, -0.25) is 0 Å². The van der Waals surface area contributed by atoms with Crippen LogP contribution in [0, 0.1) is 0 Å². The van der Waals surface area contributed by atoms with Gasteiger partial charge < -0.3 is 28.4 Å². The van der Waals surface area contributed by atoms with Crippen LogP contribution in [0.2, 0.25) is 0 Å². The Bertz CT molecular complexity index is 761. The molecule has 140 valence electrons. The molecule has 0 N–H and O–H groups in total. The van der Waals surface area contributed by atoms with E-state index in [9.17, 15) is 0 Å². The molecular weight excluding hydrogens is 336 g/mol. The van der Waals surface area contributed by atoms with Gasteiger partial charge in [0.1, 0.15) is 6.10 Å². The maximum absolute atomic E-state index is 6.09. The summed E-state index contributed by atoms with van der Waals surface area (Å²) in [5, 5.41) is 0. The van der Waals surface area contributed by atoms with E-state index in [1.54, 1.807) is 35.5 Å². The molecule has 1 aliphatic rings. The molecule has 2 aromatic rings. The fourth-order valence-electron chi connectivity index (χ4n) is 3.30. The van der Waals surface area contributed by atoms with E-state index in [1.807, 2.05) is 24.3 Å². The van der Waals surface area contributed by atoms with E-state index in [2.05, 4.69) is 0 Å². The number of benzene rings is 2. The van der Waals surface area contributed by atoms with Crippen molar-refractivity contribution in [3.8, 4) is 28.7 Å². The maximum Gasteiger partial charge on any atom is 0.203 e. The van der Waals surface area contributed by atoms with Crippen molar-refractivity contribution >= 4 is 0 Å². The van der Waals surface area contributed by atoms with Crippen molar-refractivity contribution in [1.29, 1.82) is 0 Å². The predicted octanol–water partition coefficient (Wildman–Crippen LogP) is 3.39. The van der Waals surface area contributed by atoms with E-state index in [-0.39, 0.29) is 6.10 Å². The molecule has 0 saturated heterocycles. The molecule has 0 unspecified atom stereocenters. The molecule has 6 nitrogen and oxygen atoms in total. The molecule has 1 atom stereocenters. The molecule has 26 heavy (non-hydrogen) atoms. The van der Waals surface area contributed by atoms with Crippen molar-refractivity contribution in [3.63, 3.8) is 0 Å². The Hall–Kier alpha value is -2.60. The van der Waals surface area contributed by atoms with Crippen LogP contribution in [0.25, 0.3) is 0 Å². The summed E-state index contributed by atoms with van der Waals surface area (Å²) in [5.41, 5.74) is 3.14. The first-order chi connectivity index (χ1) is 12.7. The summed E-state index contributed by atoms with van der Waals surface area (Å²) in [6.07, 6.45) is 0.559. The smallest absolute Gasteiger partial charge is 0.203 e. The van der Waals surface area contributed by atoms with Crippen LogP contribution < -0.4 is 23.7 Å². The van der Waals surface area contributed by atoms with E-state index in [4.69, 9.17) is 28.4 Å². The van der Waals surface area contributed by atoms with Crippen LogP contribution in [-0.4, -0.2) is 42.2 Å². The first-order valence-corrected chi connectivity index (χ1v) is 8.33. The number of methoxy groups -OCH3 is 5. The van der Waals surface area contributed by atoms with Crippen LogP contribution in [-0.2, 0) is 11.2 Å². The van der Waals surface area contributed by atoms with Crippen LogP contribution in [0.4, 0.5) is 0 Å². The third-order valence-corrected chi connectivity index (χ3v) is 4.57. The zero-order valence-corrected chi connectivity index (χ0v) is 15.8. The average molecular weight is 360 g/mol. The standard InChI is InChI=1S/C20H24O6/c1-21-15-8-12-6-7-26-19(14(12)11-16(15)22-2)13-9-17(23-3)20(25-5)18(10-13)24-4/h8-11,19H,6-7H2,1-5H3/t19-/m1/s1. The average Bonchev–Trinajstić information content (AvgIpc) is 2.70. The fraction of sp³-hybridized carbons (Fsp3) is 0.400. The first kappa shape index (κ1) is 18.2. The Morgan fingerprint density at radius 2 is 1.31 bits per heavy atom. The first-order valence-electron chi connectivity index (χ1n) is 8.33. The molecule has 0 bridgehead atoms. The fourth-order valence-corrected chi connectivity index (χ4v) is 3.30. The lowest BCUT2D eigenvalue weighted by Gasteiger charge is -2.28. The number of ether oxygens (including phenoxy) is 6. The third kappa shape index (κ3) is 3.12. The highest BCUT2D eigenvalue weighted by molar-refractivity contribution is 5.57. The Morgan fingerprint density at radius 1 is 0.731 bits per heavy atom. The minimum atomic E-state index is -0.257. The molecule has 0 aliphatic carbocycles. The van der Waals surface area contributed by atoms with E-state index in [1.165, 1.54) is 5.56 Å². The monoisotopic (exact) mass is 360 g/mol. The minimum Gasteiger partial charge on any atom is -0.493 e. The second-order valence-corrected chi connectivity index (χ2v) is 5.87. The molecule has 0 fully saturated rings. The lowest BCUT2D eigenvalue weighted by Crippen LogP contribution is -2.18. The number of rotatable bonds is 6. The molecule has 0 spiro atoms. The minimum absolute atomic E-state index is 0.257. The summed E-state index contributed by atoms with van der Waals surface area (Å²) in [7, 11) is 8.06. The Labute approximate surface area is 153 Å². The summed E-state index contributed by atoms with van der Waals surface area (Å²) in [6, 6.07) is 7.82. The normalized spacial score (nSPS) is 15.8. The van der Waals surface area contributed by atoms with Crippen molar-refractivity contribution in [2.24, 2.45) is 0 Å². The third-order valence-electron chi connectivity index (χ3n) is 4.57. The van der Waals surface area contributed by atoms with Crippen molar-refractivity contribution in [2.45, 2.75) is 12.5 Å². The Balaban J connectivity index is 2.12. The largest absolute Gasteiger partial charge is 0.493 e. The van der Waals surface area contributed by atoms with E-state index < -0.39 is 0 Å². The summed E-state index contributed by atoms with van der Waals surface area (Å²) < 4.78 is 33.3. The van der Waals surface area contributed by atoms with E-state index in [0.29, 0.717) is 29.6 Å². The Morgan fingerprint density at radius 3 is 1.85 bits per heavy atom. The quantitative estimate of drug-likeness (QED) is 0.787. The summed E-state index contributed by atoms with van der Waals surface area (Å²) >= 11 is 0. The molecule has 2 aromatic carbocycles. The van der Waals surface area contributed by atoms with Crippen LogP contribution in [0.5, 0.6) is 28.7 Å². The SMILES string of the molecule is COc1cc2c(cc1OC)[C@@H](c1cc(OC)c(OC)c(OC)c1)OCC2. The molecule has 1 aliphatic heterocycles. The molecule has 0 amide bonds. The molecule has 0 saturated carbocycles. The lowest BCUT2D eigenvalue weighted by molar-refractivity contribution is 0.0691. The van der Waals surface area contributed by atoms with Gasteiger partial charge in [-0.2, -0.15) is 0 Å². The highest BCUT2D eigenvalue weighted by Crippen LogP contribution is 2.44. The van der Waals surface area contributed by atoms with Crippen molar-refractivity contribution in [2.75, 3.05) is 42.2 Å². The van der Waals surface area contributed by atoms with Gasteiger partial charge in [0.2, 0.25) is 5.75 Å². The van der Waals surface area contributed by atoms with Gasteiger partial charge in [0, 0.05) is 0 Å². The van der Waals surface area contributed by atoms with E-state index in [0.717, 1.165) is 23.3 Å².